The number of hydrogen-bond acceptors (Lipinski definition) is 10. The third-order valence-corrected chi connectivity index (χ3v) is 8.78. The molecular formula is C30H31N5O6. The number of imidazole rings is 1. The van der Waals surface area contributed by atoms with Crippen molar-refractivity contribution in [1.29, 1.82) is 0 Å². The Morgan fingerprint density at radius 2 is 1.68 bits per heavy atom. The van der Waals surface area contributed by atoms with Gasteiger partial charge in [0.25, 0.3) is 0 Å². The van der Waals surface area contributed by atoms with Gasteiger partial charge in [0.2, 0.25) is 0 Å². The minimum Gasteiger partial charge on any atom is -0.394 e. The number of aryl methyl sites for hydroxylation is 2. The second kappa shape index (κ2) is 9.69. The van der Waals surface area contributed by atoms with Crippen molar-refractivity contribution in [3.05, 3.63) is 71.3 Å². The fourth-order valence-corrected chi connectivity index (χ4v) is 6.62. The van der Waals surface area contributed by atoms with E-state index in [1.807, 2.05) is 31.2 Å². The summed E-state index contributed by atoms with van der Waals surface area (Å²) in [4.78, 5) is 13.3. The van der Waals surface area contributed by atoms with Crippen molar-refractivity contribution in [1.82, 2.24) is 19.5 Å². The van der Waals surface area contributed by atoms with E-state index >= 15 is 0 Å². The standard InChI is InChI=1S/C30H31N5O6/c1-13-15-5-3-4-6-16(15)14(2)22-17(13)7-8-18-23(22)24(27(39)28(40)26(18)38)34-29-25-30(32-11-31-29)35(12-33-25)21-9-19(37)20(10-36)41-21/h3-8,11-12,19-21,24,26-28,36-40H,9-10H2,1-2H3,(H,31,32,34)/t19-,20+,21+,24?,26?,27?,28?/m0/s1. The van der Waals surface area contributed by atoms with Gasteiger partial charge >= 0.3 is 0 Å². The Hall–Kier alpha value is -3.71. The number of nitrogens with zero attached hydrogens (tertiary/aromatic N) is 4. The molecule has 1 aliphatic carbocycles. The highest BCUT2D eigenvalue weighted by Crippen LogP contribution is 2.46. The number of hydrogen-bond donors (Lipinski definition) is 6. The Balaban J connectivity index is 1.38. The van der Waals surface area contributed by atoms with Crippen LogP contribution in [0.3, 0.4) is 0 Å². The molecule has 7 rings (SSSR count). The topological polar surface area (TPSA) is 166 Å². The van der Waals surface area contributed by atoms with Crippen LogP contribution >= 0.6 is 0 Å². The fraction of sp³-hybridized carbons (Fsp3) is 0.367. The second-order valence-electron chi connectivity index (χ2n) is 11.0. The third kappa shape index (κ3) is 3.85. The number of ether oxygens (including phenoxy) is 1. The zero-order valence-electron chi connectivity index (χ0n) is 22.5. The van der Waals surface area contributed by atoms with Crippen LogP contribution in [0.25, 0.3) is 32.7 Å². The molecule has 0 radical (unpaired) electrons. The van der Waals surface area contributed by atoms with Crippen LogP contribution in [0.1, 0.15) is 47.0 Å². The van der Waals surface area contributed by atoms with Crippen molar-refractivity contribution in [2.75, 3.05) is 11.9 Å². The third-order valence-electron chi connectivity index (χ3n) is 8.78. The van der Waals surface area contributed by atoms with Crippen molar-refractivity contribution < 1.29 is 30.3 Å². The lowest BCUT2D eigenvalue weighted by molar-refractivity contribution is -0.0766. The Morgan fingerprint density at radius 1 is 0.927 bits per heavy atom. The molecule has 5 aromatic rings. The van der Waals surface area contributed by atoms with Gasteiger partial charge in [-0.25, -0.2) is 15.0 Å². The number of aromatic nitrogens is 4. The minimum atomic E-state index is -1.43. The molecule has 1 saturated heterocycles. The predicted octanol–water partition coefficient (Wildman–Crippen LogP) is 2.31. The summed E-state index contributed by atoms with van der Waals surface area (Å²) in [6.07, 6.45) is -2.99. The molecule has 3 aromatic carbocycles. The molecule has 2 aromatic heterocycles. The second-order valence-corrected chi connectivity index (χ2v) is 11.0. The first-order valence-electron chi connectivity index (χ1n) is 13.7. The van der Waals surface area contributed by atoms with Gasteiger partial charge < -0.3 is 35.6 Å². The molecule has 0 spiro atoms. The van der Waals surface area contributed by atoms with Gasteiger partial charge in [0.1, 0.15) is 37.0 Å². The number of fused-ring (bicyclic) bond motifs is 5. The van der Waals surface area contributed by atoms with Crippen LogP contribution < -0.4 is 5.32 Å². The van der Waals surface area contributed by atoms with Crippen LogP contribution in [0.15, 0.2) is 49.1 Å². The molecule has 11 heteroatoms. The van der Waals surface area contributed by atoms with Crippen molar-refractivity contribution in [2.45, 2.75) is 63.1 Å². The largest absolute Gasteiger partial charge is 0.394 e. The number of rotatable bonds is 4. The lowest BCUT2D eigenvalue weighted by atomic mass is 9.77. The Labute approximate surface area is 234 Å². The smallest absolute Gasteiger partial charge is 0.167 e. The van der Waals surface area contributed by atoms with E-state index in [2.05, 4.69) is 39.3 Å². The molecule has 4 unspecified atom stereocenters. The van der Waals surface area contributed by atoms with Crippen LogP contribution in [0, 0.1) is 13.8 Å². The molecule has 2 aliphatic rings. The van der Waals surface area contributed by atoms with E-state index in [0.717, 1.165) is 32.7 Å². The van der Waals surface area contributed by atoms with Crippen LogP contribution in [0.5, 0.6) is 0 Å². The number of aliphatic hydroxyl groups is 5. The monoisotopic (exact) mass is 557 g/mol. The molecule has 7 atom stereocenters. The molecule has 3 heterocycles. The van der Waals surface area contributed by atoms with Crippen molar-refractivity contribution in [2.24, 2.45) is 0 Å². The summed E-state index contributed by atoms with van der Waals surface area (Å²) in [7, 11) is 0. The molecular weight excluding hydrogens is 526 g/mol. The minimum absolute atomic E-state index is 0.265. The van der Waals surface area contributed by atoms with Crippen molar-refractivity contribution >= 4 is 38.5 Å². The van der Waals surface area contributed by atoms with Gasteiger partial charge in [-0.05, 0) is 57.6 Å². The van der Waals surface area contributed by atoms with Gasteiger partial charge in [-0.3, -0.25) is 4.57 Å². The van der Waals surface area contributed by atoms with Crippen LogP contribution in [0.2, 0.25) is 0 Å². The first-order valence-corrected chi connectivity index (χ1v) is 13.7. The lowest BCUT2D eigenvalue weighted by Crippen LogP contribution is -2.44. The molecule has 0 saturated carbocycles. The van der Waals surface area contributed by atoms with E-state index in [9.17, 15) is 25.5 Å². The number of nitrogens with one attached hydrogen (secondary N) is 1. The Bertz CT molecular complexity index is 1810. The maximum Gasteiger partial charge on any atom is 0.167 e. The van der Waals surface area contributed by atoms with Crippen LogP contribution in [0.4, 0.5) is 5.82 Å². The summed E-state index contributed by atoms with van der Waals surface area (Å²) >= 11 is 0. The Kier molecular flexibility index (Phi) is 6.19. The summed E-state index contributed by atoms with van der Waals surface area (Å²) in [5.41, 5.74) is 4.17. The van der Waals surface area contributed by atoms with Gasteiger partial charge in [0.05, 0.1) is 25.1 Å². The van der Waals surface area contributed by atoms with E-state index in [4.69, 9.17) is 4.74 Å². The van der Waals surface area contributed by atoms with Gasteiger partial charge in [-0.2, -0.15) is 0 Å². The molecule has 1 aliphatic heterocycles. The van der Waals surface area contributed by atoms with E-state index in [1.54, 1.807) is 10.9 Å². The predicted molar refractivity (Wildman–Crippen MR) is 151 cm³/mol. The van der Waals surface area contributed by atoms with Crippen LogP contribution in [-0.4, -0.2) is 76.1 Å². The van der Waals surface area contributed by atoms with Gasteiger partial charge in [-0.15, -0.1) is 0 Å². The average Bonchev–Trinajstić information content (AvgIpc) is 3.59. The molecule has 0 amide bonds. The van der Waals surface area contributed by atoms with E-state index in [-0.39, 0.29) is 13.0 Å². The quantitative estimate of drug-likeness (QED) is 0.181. The summed E-state index contributed by atoms with van der Waals surface area (Å²) in [6.45, 7) is 3.79. The number of aliphatic hydroxyl groups excluding tert-OH is 5. The number of benzene rings is 3. The first-order chi connectivity index (χ1) is 19.8. The Morgan fingerprint density at radius 3 is 2.41 bits per heavy atom. The summed E-state index contributed by atoms with van der Waals surface area (Å²) in [5, 5.41) is 60.5. The first kappa shape index (κ1) is 26.2. The zero-order valence-corrected chi connectivity index (χ0v) is 22.5. The molecule has 212 valence electrons. The molecule has 11 nitrogen and oxygen atoms in total. The van der Waals surface area contributed by atoms with Crippen LogP contribution in [-0.2, 0) is 4.74 Å². The van der Waals surface area contributed by atoms with E-state index in [1.165, 1.54) is 6.33 Å². The molecule has 0 bridgehead atoms. The zero-order chi connectivity index (χ0) is 28.6. The lowest BCUT2D eigenvalue weighted by Gasteiger charge is -2.39. The number of anilines is 1. The highest BCUT2D eigenvalue weighted by atomic mass is 16.5. The SMILES string of the molecule is Cc1c2ccccc2c(C)c2c3c(ccc12)C(O)C(O)C(O)C3Nc1ncnc2c1ncn2[C@H]1C[C@H](O)[C@@H](CO)O1. The average molecular weight is 558 g/mol. The van der Waals surface area contributed by atoms with Gasteiger partial charge in [-0.1, -0.05) is 36.4 Å². The molecule has 1 fully saturated rings. The highest BCUT2D eigenvalue weighted by molar-refractivity contribution is 6.07. The maximum absolute atomic E-state index is 11.4. The van der Waals surface area contributed by atoms with E-state index < -0.39 is 42.8 Å². The van der Waals surface area contributed by atoms with Crippen molar-refractivity contribution in [3.63, 3.8) is 0 Å². The fourth-order valence-electron chi connectivity index (χ4n) is 6.62. The summed E-state index contributed by atoms with van der Waals surface area (Å²) < 4.78 is 7.48. The highest BCUT2D eigenvalue weighted by Gasteiger charge is 2.43. The van der Waals surface area contributed by atoms with Gasteiger partial charge in [0.15, 0.2) is 17.0 Å². The normalized spacial score (nSPS) is 28.0. The van der Waals surface area contributed by atoms with Gasteiger partial charge in [0, 0.05) is 6.42 Å². The summed E-state index contributed by atoms with van der Waals surface area (Å²) in [5.74, 6) is 0.330. The summed E-state index contributed by atoms with van der Waals surface area (Å²) in [6, 6.07) is 11.1. The van der Waals surface area contributed by atoms with Crippen molar-refractivity contribution in [3.8, 4) is 0 Å². The molecule has 41 heavy (non-hydrogen) atoms. The maximum atomic E-state index is 11.4. The van der Waals surface area contributed by atoms with E-state index in [0.29, 0.717) is 28.1 Å². The molecule has 6 N–H and O–H groups in total.